The number of aliphatic hydroxyl groups excluding tert-OH is 1. The summed E-state index contributed by atoms with van der Waals surface area (Å²) in [4.78, 5) is 2.40. The lowest BCUT2D eigenvalue weighted by Crippen LogP contribution is -2.56. The fraction of sp³-hybridized carbons (Fsp3) is 0.625. The Morgan fingerprint density at radius 2 is 2.05 bits per heavy atom. The van der Waals surface area contributed by atoms with Crippen LogP contribution in [0.2, 0.25) is 0 Å². The molecule has 0 aromatic heterocycles. The molecule has 3 unspecified atom stereocenters. The molecule has 1 saturated heterocycles. The Hall–Kier alpha value is -0.900. The first kappa shape index (κ1) is 13.1. The van der Waals surface area contributed by atoms with Crippen molar-refractivity contribution in [3.05, 3.63) is 35.4 Å². The van der Waals surface area contributed by atoms with Crippen molar-refractivity contribution in [3.8, 4) is 0 Å². The van der Waals surface area contributed by atoms with Crippen molar-refractivity contribution >= 4 is 0 Å². The SMILES string of the molecule is CC1CN(C2Cc3ccccc3C2O)CC(C)(C)O1. The van der Waals surface area contributed by atoms with Gasteiger partial charge in [-0.3, -0.25) is 4.90 Å². The van der Waals surface area contributed by atoms with Crippen LogP contribution in [0.25, 0.3) is 0 Å². The van der Waals surface area contributed by atoms with Crippen LogP contribution in [0.5, 0.6) is 0 Å². The highest BCUT2D eigenvalue weighted by molar-refractivity contribution is 5.36. The Bertz CT molecular complexity index is 472. The molecule has 0 spiro atoms. The van der Waals surface area contributed by atoms with Gasteiger partial charge >= 0.3 is 0 Å². The van der Waals surface area contributed by atoms with Gasteiger partial charge in [0.25, 0.3) is 0 Å². The van der Waals surface area contributed by atoms with E-state index in [4.69, 9.17) is 4.74 Å². The van der Waals surface area contributed by atoms with E-state index in [1.54, 1.807) is 0 Å². The fourth-order valence-electron chi connectivity index (χ4n) is 3.64. The van der Waals surface area contributed by atoms with Crippen molar-refractivity contribution in [1.29, 1.82) is 0 Å². The van der Waals surface area contributed by atoms with E-state index in [2.05, 4.69) is 43.9 Å². The summed E-state index contributed by atoms with van der Waals surface area (Å²) in [7, 11) is 0. The van der Waals surface area contributed by atoms with Crippen LogP contribution in [0, 0.1) is 0 Å². The van der Waals surface area contributed by atoms with Crippen molar-refractivity contribution in [1.82, 2.24) is 4.90 Å². The molecular weight excluding hydrogens is 238 g/mol. The molecule has 2 aliphatic rings. The maximum atomic E-state index is 10.6. The molecule has 3 nitrogen and oxygen atoms in total. The molecule has 1 aromatic rings. The maximum absolute atomic E-state index is 10.6. The summed E-state index contributed by atoms with van der Waals surface area (Å²) in [6.07, 6.45) is 0.803. The molecule has 0 radical (unpaired) electrons. The van der Waals surface area contributed by atoms with Gasteiger partial charge in [-0.05, 0) is 38.3 Å². The Labute approximate surface area is 115 Å². The van der Waals surface area contributed by atoms with Gasteiger partial charge in [-0.15, -0.1) is 0 Å². The Morgan fingerprint density at radius 1 is 1.32 bits per heavy atom. The molecule has 1 aromatic carbocycles. The van der Waals surface area contributed by atoms with E-state index >= 15 is 0 Å². The fourth-order valence-corrected chi connectivity index (χ4v) is 3.64. The van der Waals surface area contributed by atoms with Crippen LogP contribution < -0.4 is 0 Å². The molecule has 0 amide bonds. The highest BCUT2D eigenvalue weighted by Crippen LogP contribution is 2.36. The minimum absolute atomic E-state index is 0.133. The predicted octanol–water partition coefficient (Wildman–Crippen LogP) is 2.14. The van der Waals surface area contributed by atoms with Crippen molar-refractivity contribution in [2.24, 2.45) is 0 Å². The first-order valence-corrected chi connectivity index (χ1v) is 7.14. The van der Waals surface area contributed by atoms with E-state index in [0.29, 0.717) is 0 Å². The number of benzene rings is 1. The first-order chi connectivity index (χ1) is 8.96. The molecular formula is C16H23NO2. The van der Waals surface area contributed by atoms with E-state index in [1.807, 2.05) is 6.07 Å². The number of morpholine rings is 1. The van der Waals surface area contributed by atoms with Gasteiger partial charge in [-0.1, -0.05) is 24.3 Å². The number of rotatable bonds is 1. The topological polar surface area (TPSA) is 32.7 Å². The summed E-state index contributed by atoms with van der Waals surface area (Å²) in [5, 5.41) is 10.6. The van der Waals surface area contributed by atoms with Gasteiger partial charge in [-0.25, -0.2) is 0 Å². The normalized spacial score (nSPS) is 34.2. The second-order valence-corrected chi connectivity index (χ2v) is 6.53. The number of aliphatic hydroxyl groups is 1. The van der Waals surface area contributed by atoms with Crippen LogP contribution >= 0.6 is 0 Å². The monoisotopic (exact) mass is 261 g/mol. The zero-order chi connectivity index (χ0) is 13.6. The molecule has 0 bridgehead atoms. The van der Waals surface area contributed by atoms with Gasteiger partial charge in [0.15, 0.2) is 0 Å². The van der Waals surface area contributed by atoms with Gasteiger partial charge in [0.1, 0.15) is 0 Å². The van der Waals surface area contributed by atoms with Crippen LogP contribution in [0.15, 0.2) is 24.3 Å². The zero-order valence-electron chi connectivity index (χ0n) is 12.0. The van der Waals surface area contributed by atoms with E-state index in [0.717, 1.165) is 25.1 Å². The van der Waals surface area contributed by atoms with Gasteiger partial charge < -0.3 is 9.84 Å². The first-order valence-electron chi connectivity index (χ1n) is 7.14. The van der Waals surface area contributed by atoms with Gasteiger partial charge in [0, 0.05) is 19.1 Å². The number of nitrogens with zero attached hydrogens (tertiary/aromatic N) is 1. The van der Waals surface area contributed by atoms with Gasteiger partial charge in [0.2, 0.25) is 0 Å². The van der Waals surface area contributed by atoms with Crippen LogP contribution in [0.3, 0.4) is 0 Å². The molecule has 1 aliphatic carbocycles. The number of hydrogen-bond donors (Lipinski definition) is 1. The lowest BCUT2D eigenvalue weighted by Gasteiger charge is -2.45. The number of hydrogen-bond acceptors (Lipinski definition) is 3. The third-order valence-electron chi connectivity index (χ3n) is 4.23. The number of fused-ring (bicyclic) bond motifs is 1. The van der Waals surface area contributed by atoms with E-state index < -0.39 is 0 Å². The summed E-state index contributed by atoms with van der Waals surface area (Å²) in [5.41, 5.74) is 2.26. The summed E-state index contributed by atoms with van der Waals surface area (Å²) >= 11 is 0. The average Bonchev–Trinajstić information content (AvgIpc) is 2.65. The molecule has 1 heterocycles. The Morgan fingerprint density at radius 3 is 2.74 bits per heavy atom. The molecule has 104 valence electrons. The Balaban J connectivity index is 1.81. The third kappa shape index (κ3) is 2.42. The second kappa shape index (κ2) is 4.58. The zero-order valence-corrected chi connectivity index (χ0v) is 12.0. The summed E-state index contributed by atoms with van der Waals surface area (Å²) in [6.45, 7) is 8.16. The molecule has 0 saturated carbocycles. The molecule has 3 atom stereocenters. The smallest absolute Gasteiger partial charge is 0.0951 e. The van der Waals surface area contributed by atoms with E-state index in [9.17, 15) is 5.11 Å². The minimum Gasteiger partial charge on any atom is -0.387 e. The highest BCUT2D eigenvalue weighted by atomic mass is 16.5. The number of ether oxygens (including phenoxy) is 1. The van der Waals surface area contributed by atoms with Crippen LogP contribution in [0.1, 0.15) is 38.0 Å². The highest BCUT2D eigenvalue weighted by Gasteiger charge is 2.40. The third-order valence-corrected chi connectivity index (χ3v) is 4.23. The predicted molar refractivity (Wildman–Crippen MR) is 75.1 cm³/mol. The Kier molecular flexibility index (Phi) is 3.16. The van der Waals surface area contributed by atoms with Crippen molar-refractivity contribution in [2.45, 2.75) is 51.0 Å². The molecule has 1 N–H and O–H groups in total. The minimum atomic E-state index is -0.364. The molecule has 19 heavy (non-hydrogen) atoms. The lowest BCUT2D eigenvalue weighted by molar-refractivity contribution is -0.145. The molecule has 1 aliphatic heterocycles. The lowest BCUT2D eigenvalue weighted by atomic mass is 10.0. The van der Waals surface area contributed by atoms with Crippen LogP contribution in [-0.2, 0) is 11.2 Å². The van der Waals surface area contributed by atoms with Crippen molar-refractivity contribution in [3.63, 3.8) is 0 Å². The summed E-state index contributed by atoms with van der Waals surface area (Å²) < 4.78 is 5.95. The van der Waals surface area contributed by atoms with E-state index in [-0.39, 0.29) is 23.9 Å². The molecule has 1 fully saturated rings. The van der Waals surface area contributed by atoms with Crippen molar-refractivity contribution < 1.29 is 9.84 Å². The maximum Gasteiger partial charge on any atom is 0.0951 e. The molecule has 3 heteroatoms. The summed E-state index contributed by atoms with van der Waals surface area (Å²) in [6, 6.07) is 8.45. The standard InChI is InChI=1S/C16H23NO2/c1-11-9-17(10-16(2,3)19-11)14-8-12-6-4-5-7-13(12)15(14)18/h4-7,11,14-15,18H,8-10H2,1-3H3. The van der Waals surface area contributed by atoms with Gasteiger partial charge in [-0.2, -0.15) is 0 Å². The molecule has 3 rings (SSSR count). The van der Waals surface area contributed by atoms with Gasteiger partial charge in [0.05, 0.1) is 17.8 Å². The van der Waals surface area contributed by atoms with Crippen LogP contribution in [0.4, 0.5) is 0 Å². The quantitative estimate of drug-likeness (QED) is 0.840. The summed E-state index contributed by atoms with van der Waals surface area (Å²) in [5.74, 6) is 0. The van der Waals surface area contributed by atoms with Crippen molar-refractivity contribution in [2.75, 3.05) is 13.1 Å². The van der Waals surface area contributed by atoms with E-state index in [1.165, 1.54) is 5.56 Å². The largest absolute Gasteiger partial charge is 0.387 e. The second-order valence-electron chi connectivity index (χ2n) is 6.53. The average molecular weight is 261 g/mol. The van der Waals surface area contributed by atoms with Crippen LogP contribution in [-0.4, -0.2) is 40.8 Å².